The third-order valence-electron chi connectivity index (χ3n) is 2.36. The SMILES string of the molecule is CNC(=S)C(C(=S)NC)c1ccc(C(=O)O)nc1. The minimum absolute atomic E-state index is 0.0109. The number of nitrogens with zero attached hydrogens (tertiary/aromatic N) is 1. The lowest BCUT2D eigenvalue weighted by Crippen LogP contribution is -2.34. The first-order valence-electron chi connectivity index (χ1n) is 5.13. The van der Waals surface area contributed by atoms with Gasteiger partial charge in [-0.25, -0.2) is 9.78 Å². The first-order chi connectivity index (χ1) is 8.51. The Balaban J connectivity index is 3.10. The van der Waals surface area contributed by atoms with E-state index in [1.165, 1.54) is 12.3 Å². The Hall–Kier alpha value is -1.60. The number of nitrogens with one attached hydrogen (secondary N) is 2. The fourth-order valence-corrected chi connectivity index (χ4v) is 2.00. The summed E-state index contributed by atoms with van der Waals surface area (Å²) in [6, 6.07) is 3.09. The highest BCUT2D eigenvalue weighted by Gasteiger charge is 2.21. The van der Waals surface area contributed by atoms with Crippen molar-refractivity contribution in [3.05, 3.63) is 29.6 Å². The zero-order valence-electron chi connectivity index (χ0n) is 9.93. The molecule has 0 amide bonds. The number of aromatic nitrogens is 1. The normalized spacial score (nSPS) is 9.94. The van der Waals surface area contributed by atoms with Crippen molar-refractivity contribution < 1.29 is 9.90 Å². The van der Waals surface area contributed by atoms with Crippen molar-refractivity contribution >= 4 is 40.4 Å². The predicted octanol–water partition coefficient (Wildman–Crippen LogP) is 0.957. The number of pyridine rings is 1. The van der Waals surface area contributed by atoms with Crippen LogP contribution < -0.4 is 10.6 Å². The Morgan fingerprint density at radius 3 is 2.17 bits per heavy atom. The molecule has 0 unspecified atom stereocenters. The second-order valence-corrected chi connectivity index (χ2v) is 4.32. The molecular weight excluding hydrogens is 270 g/mol. The smallest absolute Gasteiger partial charge is 0.354 e. The van der Waals surface area contributed by atoms with Gasteiger partial charge in [0.2, 0.25) is 0 Å². The number of carboxylic acids is 1. The Labute approximate surface area is 116 Å². The molecule has 7 heteroatoms. The molecular formula is C11H13N3O2S2. The number of likely N-dealkylation sites (N-methyl/N-ethyl adjacent to an activating group) is 2. The molecule has 1 aromatic rings. The fraction of sp³-hybridized carbons (Fsp3) is 0.273. The van der Waals surface area contributed by atoms with Crippen LogP contribution in [0.1, 0.15) is 22.0 Å². The van der Waals surface area contributed by atoms with Crippen LogP contribution in [0.3, 0.4) is 0 Å². The van der Waals surface area contributed by atoms with Crippen molar-refractivity contribution in [1.29, 1.82) is 0 Å². The molecule has 1 aromatic heterocycles. The number of aromatic carboxylic acids is 1. The molecule has 18 heavy (non-hydrogen) atoms. The van der Waals surface area contributed by atoms with Crippen molar-refractivity contribution in [2.75, 3.05) is 14.1 Å². The van der Waals surface area contributed by atoms with Crippen LogP contribution in [0.5, 0.6) is 0 Å². The molecule has 0 aliphatic heterocycles. The van der Waals surface area contributed by atoms with Crippen molar-refractivity contribution in [2.45, 2.75) is 5.92 Å². The van der Waals surface area contributed by atoms with Crippen molar-refractivity contribution in [1.82, 2.24) is 15.6 Å². The lowest BCUT2D eigenvalue weighted by molar-refractivity contribution is 0.0690. The molecule has 0 aliphatic rings. The quantitative estimate of drug-likeness (QED) is 0.711. The van der Waals surface area contributed by atoms with E-state index in [9.17, 15) is 4.79 Å². The zero-order valence-corrected chi connectivity index (χ0v) is 11.6. The average molecular weight is 283 g/mol. The highest BCUT2D eigenvalue weighted by atomic mass is 32.1. The monoisotopic (exact) mass is 283 g/mol. The molecule has 0 saturated heterocycles. The summed E-state index contributed by atoms with van der Waals surface area (Å²) in [5.41, 5.74) is 0.738. The molecule has 0 bridgehead atoms. The Kier molecular flexibility index (Phi) is 5.11. The van der Waals surface area contributed by atoms with Gasteiger partial charge in [-0.2, -0.15) is 0 Å². The van der Waals surface area contributed by atoms with Gasteiger partial charge in [-0.05, 0) is 11.6 Å². The molecule has 96 valence electrons. The van der Waals surface area contributed by atoms with Gasteiger partial charge in [0.25, 0.3) is 0 Å². The van der Waals surface area contributed by atoms with Crippen LogP contribution in [0.2, 0.25) is 0 Å². The van der Waals surface area contributed by atoms with E-state index in [4.69, 9.17) is 29.5 Å². The van der Waals surface area contributed by atoms with Gasteiger partial charge >= 0.3 is 5.97 Å². The van der Waals surface area contributed by atoms with Gasteiger partial charge in [-0.3, -0.25) is 0 Å². The number of carboxylic acid groups (broad SMARTS) is 1. The maximum Gasteiger partial charge on any atom is 0.354 e. The van der Waals surface area contributed by atoms with E-state index in [1.807, 2.05) is 0 Å². The molecule has 0 spiro atoms. The lowest BCUT2D eigenvalue weighted by atomic mass is 10.00. The molecule has 0 atom stereocenters. The van der Waals surface area contributed by atoms with Gasteiger partial charge in [0.05, 0.1) is 15.9 Å². The third-order valence-corrected chi connectivity index (χ3v) is 3.24. The average Bonchev–Trinajstić information content (AvgIpc) is 2.39. The van der Waals surface area contributed by atoms with Gasteiger partial charge in [0.15, 0.2) is 0 Å². The van der Waals surface area contributed by atoms with Crippen LogP contribution in [0.25, 0.3) is 0 Å². The van der Waals surface area contributed by atoms with Crippen LogP contribution in [0, 0.1) is 0 Å². The van der Waals surface area contributed by atoms with Gasteiger partial charge in [-0.15, -0.1) is 0 Å². The first kappa shape index (κ1) is 14.5. The molecule has 5 nitrogen and oxygen atoms in total. The number of thiocarbonyl (C=S) groups is 2. The van der Waals surface area contributed by atoms with Crippen molar-refractivity contribution in [2.24, 2.45) is 0 Å². The second kappa shape index (κ2) is 6.36. The second-order valence-electron chi connectivity index (χ2n) is 3.44. The zero-order chi connectivity index (χ0) is 13.7. The Bertz CT molecular complexity index is 458. The van der Waals surface area contributed by atoms with E-state index in [1.54, 1.807) is 20.2 Å². The summed E-state index contributed by atoms with van der Waals surface area (Å²) in [6.45, 7) is 0. The molecule has 0 fully saturated rings. The minimum Gasteiger partial charge on any atom is -0.477 e. The number of hydrogen-bond acceptors (Lipinski definition) is 4. The van der Waals surface area contributed by atoms with Crippen molar-refractivity contribution in [3.63, 3.8) is 0 Å². The van der Waals surface area contributed by atoms with Crippen LogP contribution in [-0.2, 0) is 0 Å². The van der Waals surface area contributed by atoms with Crippen LogP contribution in [-0.4, -0.2) is 40.1 Å². The summed E-state index contributed by atoms with van der Waals surface area (Å²) in [5, 5.41) is 14.5. The minimum atomic E-state index is -1.06. The summed E-state index contributed by atoms with van der Waals surface area (Å²) in [5.74, 6) is -1.37. The largest absolute Gasteiger partial charge is 0.477 e. The molecule has 3 N–H and O–H groups in total. The molecule has 1 rings (SSSR count). The van der Waals surface area contributed by atoms with Gasteiger partial charge < -0.3 is 15.7 Å². The van der Waals surface area contributed by atoms with Crippen LogP contribution in [0.4, 0.5) is 0 Å². The summed E-state index contributed by atoms with van der Waals surface area (Å²) in [7, 11) is 3.43. The summed E-state index contributed by atoms with van der Waals surface area (Å²) in [4.78, 5) is 15.7. The number of hydrogen-bond donors (Lipinski definition) is 3. The van der Waals surface area contributed by atoms with E-state index >= 15 is 0 Å². The Morgan fingerprint density at radius 1 is 1.28 bits per heavy atom. The van der Waals surface area contributed by atoms with E-state index < -0.39 is 5.97 Å². The summed E-state index contributed by atoms with van der Waals surface area (Å²) in [6.07, 6.45) is 1.47. The predicted molar refractivity (Wildman–Crippen MR) is 77.3 cm³/mol. The van der Waals surface area contributed by atoms with Gasteiger partial charge in [-0.1, -0.05) is 30.5 Å². The van der Waals surface area contributed by atoms with Crippen molar-refractivity contribution in [3.8, 4) is 0 Å². The number of rotatable bonds is 4. The van der Waals surface area contributed by atoms with Gasteiger partial charge in [0.1, 0.15) is 5.69 Å². The first-order valence-corrected chi connectivity index (χ1v) is 5.95. The lowest BCUT2D eigenvalue weighted by Gasteiger charge is -2.18. The molecule has 0 saturated carbocycles. The number of carbonyl (C=O) groups is 1. The Morgan fingerprint density at radius 2 is 1.83 bits per heavy atom. The topological polar surface area (TPSA) is 74.2 Å². The maximum absolute atomic E-state index is 10.7. The fourth-order valence-electron chi connectivity index (χ4n) is 1.41. The van der Waals surface area contributed by atoms with E-state index in [0.717, 1.165) is 5.56 Å². The highest BCUT2D eigenvalue weighted by Crippen LogP contribution is 2.17. The van der Waals surface area contributed by atoms with Gasteiger partial charge in [0, 0.05) is 20.3 Å². The standard InChI is InChI=1S/C11H13N3O2S2/c1-12-9(17)8(10(18)13-2)6-3-4-7(11(15)16)14-5-6/h3-5,8H,1-2H3,(H,12,17)(H,13,18)(H,15,16). The summed E-state index contributed by atoms with van der Waals surface area (Å²) >= 11 is 10.4. The van der Waals surface area contributed by atoms with E-state index in [2.05, 4.69) is 15.6 Å². The highest BCUT2D eigenvalue weighted by molar-refractivity contribution is 7.82. The third kappa shape index (κ3) is 3.21. The maximum atomic E-state index is 10.7. The molecule has 1 heterocycles. The van der Waals surface area contributed by atoms with Crippen LogP contribution >= 0.6 is 24.4 Å². The molecule has 0 aliphatic carbocycles. The van der Waals surface area contributed by atoms with E-state index in [-0.39, 0.29) is 11.6 Å². The summed E-state index contributed by atoms with van der Waals surface area (Å²) < 4.78 is 0. The molecule has 0 aromatic carbocycles. The van der Waals surface area contributed by atoms with E-state index in [0.29, 0.717) is 9.98 Å². The molecule has 0 radical (unpaired) electrons. The van der Waals surface area contributed by atoms with Crippen LogP contribution in [0.15, 0.2) is 18.3 Å².